The first-order valence-corrected chi connectivity index (χ1v) is 7.60. The van der Waals surface area contributed by atoms with Gasteiger partial charge in [0.15, 0.2) is 23.9 Å². The molecule has 0 atom stereocenters. The third-order valence-electron chi connectivity index (χ3n) is 3.24. The van der Waals surface area contributed by atoms with E-state index in [1.807, 2.05) is 12.1 Å². The molecule has 1 aromatic carbocycles. The minimum atomic E-state index is -0.551. The minimum Gasteiger partial charge on any atom is -0.490 e. The van der Waals surface area contributed by atoms with Crippen LogP contribution in [0.25, 0.3) is 6.08 Å². The molecule has 1 aliphatic rings. The van der Waals surface area contributed by atoms with Gasteiger partial charge in [0.2, 0.25) is 11.9 Å². The topological polar surface area (TPSA) is 135 Å². The highest BCUT2D eigenvalue weighted by molar-refractivity contribution is 5.87. The van der Waals surface area contributed by atoms with Gasteiger partial charge in [0.05, 0.1) is 13.2 Å². The van der Waals surface area contributed by atoms with E-state index in [1.54, 1.807) is 12.1 Å². The maximum atomic E-state index is 11.8. The molecule has 9 heteroatoms. The summed E-state index contributed by atoms with van der Waals surface area (Å²) in [5.74, 6) is 0.931. The summed E-state index contributed by atoms with van der Waals surface area (Å²) in [5, 5.41) is 0. The van der Waals surface area contributed by atoms with Crippen molar-refractivity contribution in [1.29, 1.82) is 0 Å². The molecule has 0 spiro atoms. The summed E-state index contributed by atoms with van der Waals surface area (Å²) in [7, 11) is 0. The van der Waals surface area contributed by atoms with Crippen molar-refractivity contribution in [2.45, 2.75) is 13.0 Å². The second kappa shape index (κ2) is 7.47. The van der Waals surface area contributed by atoms with Crippen molar-refractivity contribution in [2.75, 3.05) is 24.7 Å². The fraction of sp³-hybridized carbons (Fsp3) is 0.250. The summed E-state index contributed by atoms with van der Waals surface area (Å²) >= 11 is 0. The molecule has 0 radical (unpaired) electrons. The lowest BCUT2D eigenvalue weighted by Crippen LogP contribution is -2.09. The first-order valence-electron chi connectivity index (χ1n) is 7.60. The van der Waals surface area contributed by atoms with Crippen LogP contribution >= 0.6 is 0 Å². The Balaban J connectivity index is 1.59. The number of nitrogens with two attached hydrogens (primary N) is 2. The zero-order valence-corrected chi connectivity index (χ0v) is 13.3. The van der Waals surface area contributed by atoms with Crippen LogP contribution in [0.3, 0.4) is 0 Å². The SMILES string of the molecule is Nc1nc(N)nc(COC(=O)/C=C/c2ccc3c(c2)OCCCO3)n1. The molecule has 0 saturated heterocycles. The normalized spacial score (nSPS) is 13.4. The number of rotatable bonds is 4. The van der Waals surface area contributed by atoms with E-state index in [4.69, 9.17) is 25.7 Å². The third-order valence-corrected chi connectivity index (χ3v) is 3.24. The molecule has 1 aromatic heterocycles. The van der Waals surface area contributed by atoms with Crippen molar-refractivity contribution in [1.82, 2.24) is 15.0 Å². The Hall–Kier alpha value is -3.36. The molecule has 0 aliphatic carbocycles. The Morgan fingerprint density at radius 1 is 1.12 bits per heavy atom. The highest BCUT2D eigenvalue weighted by Crippen LogP contribution is 2.30. The molecule has 2 heterocycles. The minimum absolute atomic E-state index is 0.0266. The van der Waals surface area contributed by atoms with E-state index in [-0.39, 0.29) is 24.3 Å². The molecule has 0 amide bonds. The second-order valence-corrected chi connectivity index (χ2v) is 5.17. The molecule has 0 fully saturated rings. The van der Waals surface area contributed by atoms with Crippen molar-refractivity contribution >= 4 is 23.9 Å². The van der Waals surface area contributed by atoms with Crippen LogP contribution in [0.15, 0.2) is 24.3 Å². The Kier molecular flexibility index (Phi) is 4.93. The zero-order chi connectivity index (χ0) is 17.6. The van der Waals surface area contributed by atoms with E-state index in [2.05, 4.69) is 15.0 Å². The van der Waals surface area contributed by atoms with Crippen LogP contribution in [-0.2, 0) is 16.1 Å². The molecule has 4 N–H and O–H groups in total. The smallest absolute Gasteiger partial charge is 0.331 e. The molecule has 130 valence electrons. The van der Waals surface area contributed by atoms with Gasteiger partial charge in [0.1, 0.15) is 0 Å². The van der Waals surface area contributed by atoms with Crippen LogP contribution < -0.4 is 20.9 Å². The van der Waals surface area contributed by atoms with E-state index in [1.165, 1.54) is 6.08 Å². The van der Waals surface area contributed by atoms with E-state index in [0.29, 0.717) is 24.7 Å². The fourth-order valence-electron chi connectivity index (χ4n) is 2.15. The van der Waals surface area contributed by atoms with E-state index < -0.39 is 5.97 Å². The number of ether oxygens (including phenoxy) is 3. The van der Waals surface area contributed by atoms with Gasteiger partial charge in [-0.15, -0.1) is 0 Å². The predicted octanol–water partition coefficient (Wildman–Crippen LogP) is 0.954. The van der Waals surface area contributed by atoms with Crippen LogP contribution in [0, 0.1) is 0 Å². The summed E-state index contributed by atoms with van der Waals surface area (Å²) in [6, 6.07) is 5.44. The standard InChI is InChI=1S/C16H17N5O4/c17-15-19-13(20-16(18)21-15)9-25-14(22)5-3-10-2-4-11-12(8-10)24-7-1-6-23-11/h2-5,8H,1,6-7,9H2,(H4,17,18,19,20,21)/b5-3+. The van der Waals surface area contributed by atoms with Gasteiger partial charge in [0, 0.05) is 12.5 Å². The maximum Gasteiger partial charge on any atom is 0.331 e. The van der Waals surface area contributed by atoms with Crippen LogP contribution in [0.4, 0.5) is 11.9 Å². The van der Waals surface area contributed by atoms with Crippen LogP contribution in [-0.4, -0.2) is 34.1 Å². The summed E-state index contributed by atoms with van der Waals surface area (Å²) in [6.07, 6.45) is 3.75. The number of esters is 1. The van der Waals surface area contributed by atoms with Gasteiger partial charge in [-0.05, 0) is 23.8 Å². The van der Waals surface area contributed by atoms with Gasteiger partial charge in [-0.25, -0.2) is 4.79 Å². The number of aromatic nitrogens is 3. The van der Waals surface area contributed by atoms with Gasteiger partial charge >= 0.3 is 5.97 Å². The molecule has 0 bridgehead atoms. The highest BCUT2D eigenvalue weighted by atomic mass is 16.5. The lowest BCUT2D eigenvalue weighted by Gasteiger charge is -2.07. The Morgan fingerprint density at radius 2 is 1.84 bits per heavy atom. The number of fused-ring (bicyclic) bond motifs is 1. The lowest BCUT2D eigenvalue weighted by atomic mass is 10.2. The number of carbonyl (C=O) groups is 1. The summed E-state index contributed by atoms with van der Waals surface area (Å²) in [6.45, 7) is 1.07. The lowest BCUT2D eigenvalue weighted by molar-refractivity contribution is -0.139. The molecule has 25 heavy (non-hydrogen) atoms. The summed E-state index contributed by atoms with van der Waals surface area (Å²) in [4.78, 5) is 23.1. The monoisotopic (exact) mass is 343 g/mol. The number of nitrogens with zero attached hydrogens (tertiary/aromatic N) is 3. The van der Waals surface area contributed by atoms with E-state index in [9.17, 15) is 4.79 Å². The summed E-state index contributed by atoms with van der Waals surface area (Å²) < 4.78 is 16.2. The quantitative estimate of drug-likeness (QED) is 0.614. The van der Waals surface area contributed by atoms with Gasteiger partial charge < -0.3 is 25.7 Å². The molecular weight excluding hydrogens is 326 g/mol. The van der Waals surface area contributed by atoms with Crippen molar-refractivity contribution in [2.24, 2.45) is 0 Å². The molecule has 1 aliphatic heterocycles. The Morgan fingerprint density at radius 3 is 2.60 bits per heavy atom. The molecule has 2 aromatic rings. The molecular formula is C16H17N5O4. The largest absolute Gasteiger partial charge is 0.490 e. The number of nitrogen functional groups attached to an aromatic ring is 2. The van der Waals surface area contributed by atoms with Gasteiger partial charge in [-0.1, -0.05) is 6.07 Å². The number of carbonyl (C=O) groups excluding carboxylic acids is 1. The molecule has 3 rings (SSSR count). The first-order chi connectivity index (χ1) is 12.1. The first kappa shape index (κ1) is 16.5. The van der Waals surface area contributed by atoms with E-state index in [0.717, 1.165) is 12.0 Å². The average Bonchev–Trinajstić information content (AvgIpc) is 2.82. The number of hydrogen-bond acceptors (Lipinski definition) is 9. The number of benzene rings is 1. The van der Waals surface area contributed by atoms with Crippen molar-refractivity contribution in [3.05, 3.63) is 35.7 Å². The molecule has 9 nitrogen and oxygen atoms in total. The second-order valence-electron chi connectivity index (χ2n) is 5.17. The Bertz CT molecular complexity index is 789. The van der Waals surface area contributed by atoms with Crippen molar-refractivity contribution in [3.8, 4) is 11.5 Å². The van der Waals surface area contributed by atoms with Gasteiger partial charge in [-0.3, -0.25) is 0 Å². The van der Waals surface area contributed by atoms with Gasteiger partial charge in [0.25, 0.3) is 0 Å². The average molecular weight is 343 g/mol. The van der Waals surface area contributed by atoms with Crippen LogP contribution in [0.1, 0.15) is 17.8 Å². The Labute approximate surface area is 143 Å². The van der Waals surface area contributed by atoms with Crippen molar-refractivity contribution < 1.29 is 19.0 Å². The van der Waals surface area contributed by atoms with Crippen LogP contribution in [0.5, 0.6) is 11.5 Å². The summed E-state index contributed by atoms with van der Waals surface area (Å²) in [5.41, 5.74) is 11.7. The van der Waals surface area contributed by atoms with Crippen LogP contribution in [0.2, 0.25) is 0 Å². The molecule has 0 unspecified atom stereocenters. The van der Waals surface area contributed by atoms with E-state index >= 15 is 0 Å². The third kappa shape index (κ3) is 4.56. The number of hydrogen-bond donors (Lipinski definition) is 2. The molecule has 0 saturated carbocycles. The van der Waals surface area contributed by atoms with Gasteiger partial charge in [-0.2, -0.15) is 15.0 Å². The number of anilines is 2. The maximum absolute atomic E-state index is 11.8. The highest BCUT2D eigenvalue weighted by Gasteiger charge is 2.10. The predicted molar refractivity (Wildman–Crippen MR) is 89.5 cm³/mol. The zero-order valence-electron chi connectivity index (χ0n) is 13.3. The van der Waals surface area contributed by atoms with Crippen molar-refractivity contribution in [3.63, 3.8) is 0 Å². The fourth-order valence-corrected chi connectivity index (χ4v) is 2.15.